The van der Waals surface area contributed by atoms with Gasteiger partial charge in [-0.3, -0.25) is 0 Å². The van der Waals surface area contributed by atoms with E-state index in [9.17, 15) is 0 Å². The van der Waals surface area contributed by atoms with Gasteiger partial charge in [0.2, 0.25) is 0 Å². The zero-order valence-electron chi connectivity index (χ0n) is 14.3. The summed E-state index contributed by atoms with van der Waals surface area (Å²) < 4.78 is 0. The largest absolute Gasteiger partial charge is 0.0622 e. The maximum atomic E-state index is 2.28. The fraction of sp³-hybridized carbons (Fsp3) is 0.0400. The first-order valence-corrected chi connectivity index (χ1v) is 8.64. The summed E-state index contributed by atoms with van der Waals surface area (Å²) in [5.74, 6) is 0. The van der Waals surface area contributed by atoms with Crippen LogP contribution in [0, 0.1) is 6.92 Å². The van der Waals surface area contributed by atoms with Crippen LogP contribution in [0.25, 0.3) is 33.4 Å². The predicted octanol–water partition coefficient (Wildman–Crippen LogP) is 7.00. The van der Waals surface area contributed by atoms with Gasteiger partial charge in [-0.15, -0.1) is 0 Å². The fourth-order valence-electron chi connectivity index (χ4n) is 3.38. The van der Waals surface area contributed by atoms with Crippen LogP contribution < -0.4 is 0 Å². The van der Waals surface area contributed by atoms with Crippen molar-refractivity contribution in [2.45, 2.75) is 6.92 Å². The lowest BCUT2D eigenvalue weighted by Gasteiger charge is -2.13. The molecule has 0 N–H and O–H groups in total. The van der Waals surface area contributed by atoms with Gasteiger partial charge in [0.1, 0.15) is 0 Å². The second-order valence-corrected chi connectivity index (χ2v) is 6.29. The lowest BCUT2D eigenvalue weighted by atomic mass is 9.91. The van der Waals surface area contributed by atoms with Crippen LogP contribution >= 0.6 is 0 Å². The molecule has 0 nitrogen and oxygen atoms in total. The average Bonchev–Trinajstić information content (AvgIpc) is 2.70. The third kappa shape index (κ3) is 3.12. The molecule has 0 heteroatoms. The lowest BCUT2D eigenvalue weighted by molar-refractivity contribution is 1.44. The van der Waals surface area contributed by atoms with E-state index in [1.54, 1.807) is 0 Å². The molecular weight excluding hydrogens is 300 g/mol. The quantitative estimate of drug-likeness (QED) is 0.381. The average molecular weight is 320 g/mol. The Bertz CT molecular complexity index is 983. The van der Waals surface area contributed by atoms with Gasteiger partial charge in [0, 0.05) is 0 Å². The predicted molar refractivity (Wildman–Crippen MR) is 107 cm³/mol. The summed E-state index contributed by atoms with van der Waals surface area (Å²) in [6.45, 7) is 2.22. The van der Waals surface area contributed by atoms with Crippen molar-refractivity contribution in [1.29, 1.82) is 0 Å². The number of hydrogen-bond donors (Lipinski definition) is 0. The molecule has 0 saturated carbocycles. The van der Waals surface area contributed by atoms with Gasteiger partial charge >= 0.3 is 0 Å². The van der Waals surface area contributed by atoms with E-state index < -0.39 is 0 Å². The van der Waals surface area contributed by atoms with Gasteiger partial charge in [-0.1, -0.05) is 97.1 Å². The van der Waals surface area contributed by atoms with Crippen LogP contribution in [0.1, 0.15) is 5.56 Å². The van der Waals surface area contributed by atoms with E-state index in [1.165, 1.54) is 38.9 Å². The minimum absolute atomic E-state index is 1.25. The Balaban J connectivity index is 1.81. The van der Waals surface area contributed by atoms with Crippen molar-refractivity contribution < 1.29 is 0 Å². The minimum Gasteiger partial charge on any atom is -0.0622 e. The third-order valence-electron chi connectivity index (χ3n) is 4.70. The Labute approximate surface area is 149 Å². The van der Waals surface area contributed by atoms with E-state index >= 15 is 0 Å². The molecule has 120 valence electrons. The van der Waals surface area contributed by atoms with Gasteiger partial charge in [-0.2, -0.15) is 0 Å². The minimum atomic E-state index is 1.25. The second kappa shape index (κ2) is 6.78. The third-order valence-corrected chi connectivity index (χ3v) is 4.70. The standard InChI is InChI=1S/C25H20/c1-19-24(21-12-6-3-7-13-21)16-9-17-25(19)23-15-8-14-22(18-23)20-10-4-2-5-11-20/h2-18H,1H3. The van der Waals surface area contributed by atoms with Gasteiger partial charge in [0.05, 0.1) is 0 Å². The maximum absolute atomic E-state index is 2.28. The highest BCUT2D eigenvalue weighted by Crippen LogP contribution is 2.33. The van der Waals surface area contributed by atoms with E-state index in [4.69, 9.17) is 0 Å². The monoisotopic (exact) mass is 320 g/mol. The summed E-state index contributed by atoms with van der Waals surface area (Å²) in [5.41, 5.74) is 8.93. The molecule has 0 aliphatic heterocycles. The first kappa shape index (κ1) is 15.4. The zero-order valence-corrected chi connectivity index (χ0v) is 14.3. The van der Waals surface area contributed by atoms with Crippen molar-refractivity contribution in [1.82, 2.24) is 0 Å². The van der Waals surface area contributed by atoms with Crippen molar-refractivity contribution in [3.63, 3.8) is 0 Å². The highest BCUT2D eigenvalue weighted by molar-refractivity contribution is 5.80. The molecule has 4 aromatic carbocycles. The Hall–Kier alpha value is -3.12. The molecule has 25 heavy (non-hydrogen) atoms. The van der Waals surface area contributed by atoms with Gasteiger partial charge in [0.25, 0.3) is 0 Å². The summed E-state index contributed by atoms with van der Waals surface area (Å²) in [6, 6.07) is 36.5. The van der Waals surface area contributed by atoms with E-state index in [1.807, 2.05) is 0 Å². The Kier molecular flexibility index (Phi) is 4.18. The molecule has 0 unspecified atom stereocenters. The van der Waals surface area contributed by atoms with Crippen LogP contribution in [0.4, 0.5) is 0 Å². The SMILES string of the molecule is Cc1c(-c2ccccc2)cccc1-c1cccc(-c2ccccc2)c1. The van der Waals surface area contributed by atoms with Crippen LogP contribution in [0.5, 0.6) is 0 Å². The van der Waals surface area contributed by atoms with Crippen LogP contribution in [0.15, 0.2) is 103 Å². The Morgan fingerprint density at radius 1 is 0.400 bits per heavy atom. The van der Waals surface area contributed by atoms with Crippen molar-refractivity contribution in [3.8, 4) is 33.4 Å². The molecule has 0 amide bonds. The topological polar surface area (TPSA) is 0 Å². The van der Waals surface area contributed by atoms with Gasteiger partial charge in [-0.05, 0) is 51.9 Å². The molecule has 0 aliphatic carbocycles. The van der Waals surface area contributed by atoms with Crippen LogP contribution in [0.3, 0.4) is 0 Å². The van der Waals surface area contributed by atoms with Crippen molar-refractivity contribution in [2.24, 2.45) is 0 Å². The highest BCUT2D eigenvalue weighted by atomic mass is 14.1. The van der Waals surface area contributed by atoms with E-state index in [-0.39, 0.29) is 0 Å². The Morgan fingerprint density at radius 3 is 1.56 bits per heavy atom. The van der Waals surface area contributed by atoms with E-state index in [0.717, 1.165) is 0 Å². The molecule has 4 rings (SSSR count). The zero-order chi connectivity index (χ0) is 17.1. The van der Waals surface area contributed by atoms with Crippen LogP contribution in [-0.2, 0) is 0 Å². The summed E-state index contributed by atoms with van der Waals surface area (Å²) >= 11 is 0. The molecule has 0 spiro atoms. The molecule has 4 aromatic rings. The molecule has 0 heterocycles. The molecule has 0 aromatic heterocycles. The summed E-state index contributed by atoms with van der Waals surface area (Å²) in [5, 5.41) is 0. The Morgan fingerprint density at radius 2 is 0.880 bits per heavy atom. The summed E-state index contributed by atoms with van der Waals surface area (Å²) in [7, 11) is 0. The molecular formula is C25H20. The molecule has 0 aliphatic rings. The van der Waals surface area contributed by atoms with Gasteiger partial charge < -0.3 is 0 Å². The van der Waals surface area contributed by atoms with Crippen LogP contribution in [-0.4, -0.2) is 0 Å². The second-order valence-electron chi connectivity index (χ2n) is 6.29. The molecule has 0 saturated heterocycles. The summed E-state index contributed by atoms with van der Waals surface area (Å²) in [4.78, 5) is 0. The lowest BCUT2D eigenvalue weighted by Crippen LogP contribution is -1.89. The van der Waals surface area contributed by atoms with Crippen molar-refractivity contribution in [2.75, 3.05) is 0 Å². The first-order chi connectivity index (χ1) is 12.3. The van der Waals surface area contributed by atoms with Gasteiger partial charge in [-0.25, -0.2) is 0 Å². The first-order valence-electron chi connectivity index (χ1n) is 8.64. The fourth-order valence-corrected chi connectivity index (χ4v) is 3.38. The maximum Gasteiger partial charge on any atom is -0.0148 e. The van der Waals surface area contributed by atoms with Crippen molar-refractivity contribution in [3.05, 3.63) is 109 Å². The van der Waals surface area contributed by atoms with E-state index in [2.05, 4.69) is 110 Å². The smallest absolute Gasteiger partial charge is 0.0148 e. The van der Waals surface area contributed by atoms with Crippen LogP contribution in [0.2, 0.25) is 0 Å². The number of rotatable bonds is 3. The van der Waals surface area contributed by atoms with E-state index in [0.29, 0.717) is 0 Å². The number of hydrogen-bond acceptors (Lipinski definition) is 0. The molecule has 0 radical (unpaired) electrons. The molecule has 0 bridgehead atoms. The summed E-state index contributed by atoms with van der Waals surface area (Å²) in [6.07, 6.45) is 0. The molecule has 0 atom stereocenters. The number of benzene rings is 4. The van der Waals surface area contributed by atoms with Crippen molar-refractivity contribution >= 4 is 0 Å². The van der Waals surface area contributed by atoms with Gasteiger partial charge in [0.15, 0.2) is 0 Å². The molecule has 0 fully saturated rings. The highest BCUT2D eigenvalue weighted by Gasteiger charge is 2.08. The normalized spacial score (nSPS) is 10.6.